The molecular weight excluding hydrogens is 156 g/mol. The molecule has 1 N–H and O–H groups in total. The lowest BCUT2D eigenvalue weighted by atomic mass is 9.93. The van der Waals surface area contributed by atoms with Gasteiger partial charge in [-0.3, -0.25) is 4.79 Å². The van der Waals surface area contributed by atoms with Crippen LogP contribution < -0.4 is 0 Å². The molecule has 2 atom stereocenters. The van der Waals surface area contributed by atoms with Crippen LogP contribution in [0.3, 0.4) is 0 Å². The molecule has 0 aliphatic heterocycles. The Morgan fingerprint density at radius 2 is 2.08 bits per heavy atom. The Labute approximate surface area is 73.0 Å². The largest absolute Gasteiger partial charge is 0.468 e. The normalized spacial score (nSPS) is 15.4. The van der Waals surface area contributed by atoms with Crippen LogP contribution in [0.25, 0.3) is 0 Å². The number of hydrogen-bond acceptors (Lipinski definition) is 3. The Morgan fingerprint density at radius 3 is 2.33 bits per heavy atom. The smallest absolute Gasteiger partial charge is 0.315 e. The lowest BCUT2D eigenvalue weighted by Crippen LogP contribution is -2.31. The van der Waals surface area contributed by atoms with Crippen LogP contribution >= 0.6 is 0 Å². The van der Waals surface area contributed by atoms with E-state index in [1.54, 1.807) is 0 Å². The summed E-state index contributed by atoms with van der Waals surface area (Å²) in [5.41, 5.74) is 0. The van der Waals surface area contributed by atoms with Crippen LogP contribution in [0.15, 0.2) is 12.7 Å². The van der Waals surface area contributed by atoms with Gasteiger partial charge in [-0.1, -0.05) is 19.9 Å². The second kappa shape index (κ2) is 4.93. The maximum absolute atomic E-state index is 11.0. The number of rotatable bonds is 4. The third-order valence-electron chi connectivity index (χ3n) is 1.78. The summed E-state index contributed by atoms with van der Waals surface area (Å²) in [6.07, 6.45) is 0.700. The maximum Gasteiger partial charge on any atom is 0.315 e. The van der Waals surface area contributed by atoms with Crippen molar-refractivity contribution in [1.29, 1.82) is 0 Å². The standard InChI is InChI=1S/C9H16O3/c1-5-7(9(11)12-4)8(10)6(2)3/h5-8,10H,1H2,2-4H3/t7-,8-/m1/s1. The fourth-order valence-electron chi connectivity index (χ4n) is 0.926. The Bertz CT molecular complexity index is 163. The van der Waals surface area contributed by atoms with E-state index in [0.717, 1.165) is 0 Å². The molecule has 0 spiro atoms. The molecule has 0 unspecified atom stereocenters. The van der Waals surface area contributed by atoms with Crippen molar-refractivity contribution in [3.8, 4) is 0 Å². The molecule has 0 aromatic heterocycles. The van der Waals surface area contributed by atoms with Gasteiger partial charge in [-0.05, 0) is 5.92 Å². The third kappa shape index (κ3) is 2.66. The fraction of sp³-hybridized carbons (Fsp3) is 0.667. The fourth-order valence-corrected chi connectivity index (χ4v) is 0.926. The monoisotopic (exact) mass is 172 g/mol. The molecule has 0 rings (SSSR count). The number of aliphatic hydroxyl groups excluding tert-OH is 1. The van der Waals surface area contributed by atoms with E-state index in [0.29, 0.717) is 0 Å². The molecule has 0 aromatic rings. The Kier molecular flexibility index (Phi) is 4.59. The highest BCUT2D eigenvalue weighted by atomic mass is 16.5. The van der Waals surface area contributed by atoms with Gasteiger partial charge in [0.2, 0.25) is 0 Å². The minimum absolute atomic E-state index is 0.0205. The van der Waals surface area contributed by atoms with E-state index in [1.165, 1.54) is 13.2 Å². The second-order valence-corrected chi connectivity index (χ2v) is 3.02. The number of esters is 1. The van der Waals surface area contributed by atoms with Crippen molar-refractivity contribution in [3.63, 3.8) is 0 Å². The summed E-state index contributed by atoms with van der Waals surface area (Å²) in [4.78, 5) is 11.0. The molecule has 0 heterocycles. The van der Waals surface area contributed by atoms with Crippen molar-refractivity contribution in [2.75, 3.05) is 7.11 Å². The second-order valence-electron chi connectivity index (χ2n) is 3.02. The van der Waals surface area contributed by atoms with Crippen molar-refractivity contribution in [1.82, 2.24) is 0 Å². The minimum atomic E-state index is -0.713. The van der Waals surface area contributed by atoms with Crippen molar-refractivity contribution >= 4 is 5.97 Å². The van der Waals surface area contributed by atoms with Gasteiger partial charge in [0.25, 0.3) is 0 Å². The van der Waals surface area contributed by atoms with Crippen molar-refractivity contribution in [2.45, 2.75) is 20.0 Å². The quantitative estimate of drug-likeness (QED) is 0.508. The molecule has 3 heteroatoms. The molecule has 0 bridgehead atoms. The zero-order chi connectivity index (χ0) is 9.72. The van der Waals surface area contributed by atoms with Crippen LogP contribution in [0, 0.1) is 11.8 Å². The van der Waals surface area contributed by atoms with Gasteiger partial charge in [-0.25, -0.2) is 0 Å². The van der Waals surface area contributed by atoms with Gasteiger partial charge in [-0.15, -0.1) is 6.58 Å². The molecule has 0 saturated heterocycles. The van der Waals surface area contributed by atoms with E-state index in [2.05, 4.69) is 11.3 Å². The van der Waals surface area contributed by atoms with Crippen molar-refractivity contribution in [2.24, 2.45) is 11.8 Å². The summed E-state index contributed by atoms with van der Waals surface area (Å²) in [5.74, 6) is -1.03. The van der Waals surface area contributed by atoms with Gasteiger partial charge in [0.15, 0.2) is 0 Å². The van der Waals surface area contributed by atoms with Crippen molar-refractivity contribution < 1.29 is 14.6 Å². The number of ether oxygens (including phenoxy) is 1. The molecule has 0 aromatic carbocycles. The average Bonchev–Trinajstić information content (AvgIpc) is 2.05. The predicted octanol–water partition coefficient (Wildman–Crippen LogP) is 0.978. The molecule has 0 radical (unpaired) electrons. The SMILES string of the molecule is C=C[C@@H](C(=O)OC)[C@H](O)C(C)C. The highest BCUT2D eigenvalue weighted by molar-refractivity contribution is 5.74. The first-order chi connectivity index (χ1) is 5.54. The Hall–Kier alpha value is -0.830. The number of methoxy groups -OCH3 is 1. The van der Waals surface area contributed by atoms with E-state index < -0.39 is 18.0 Å². The summed E-state index contributed by atoms with van der Waals surface area (Å²) in [6.45, 7) is 7.15. The summed E-state index contributed by atoms with van der Waals surface area (Å²) in [7, 11) is 1.30. The van der Waals surface area contributed by atoms with Gasteiger partial charge in [0.05, 0.1) is 13.2 Å². The van der Waals surface area contributed by atoms with Gasteiger partial charge in [-0.2, -0.15) is 0 Å². The molecule has 3 nitrogen and oxygen atoms in total. The van der Waals surface area contributed by atoms with Crippen LogP contribution in [0.5, 0.6) is 0 Å². The maximum atomic E-state index is 11.0. The number of aliphatic hydroxyl groups is 1. The highest BCUT2D eigenvalue weighted by Crippen LogP contribution is 2.14. The summed E-state index contributed by atoms with van der Waals surface area (Å²) in [6, 6.07) is 0. The molecule has 0 amide bonds. The van der Waals surface area contributed by atoms with Crippen LogP contribution in [-0.2, 0) is 9.53 Å². The zero-order valence-corrected chi connectivity index (χ0v) is 7.78. The lowest BCUT2D eigenvalue weighted by molar-refractivity contribution is -0.148. The van der Waals surface area contributed by atoms with E-state index in [-0.39, 0.29) is 5.92 Å². The molecule has 0 fully saturated rings. The van der Waals surface area contributed by atoms with Gasteiger partial charge >= 0.3 is 5.97 Å². The minimum Gasteiger partial charge on any atom is -0.468 e. The van der Waals surface area contributed by atoms with Crippen LogP contribution in [0.2, 0.25) is 0 Å². The summed E-state index contributed by atoms with van der Waals surface area (Å²) < 4.78 is 4.50. The predicted molar refractivity (Wildman–Crippen MR) is 46.5 cm³/mol. The zero-order valence-electron chi connectivity index (χ0n) is 7.78. The number of hydrogen-bond donors (Lipinski definition) is 1. The van der Waals surface area contributed by atoms with E-state index >= 15 is 0 Å². The van der Waals surface area contributed by atoms with Crippen LogP contribution in [0.4, 0.5) is 0 Å². The first-order valence-corrected chi connectivity index (χ1v) is 3.93. The van der Waals surface area contributed by atoms with Gasteiger partial charge in [0.1, 0.15) is 5.92 Å². The van der Waals surface area contributed by atoms with Crippen molar-refractivity contribution in [3.05, 3.63) is 12.7 Å². The van der Waals surface area contributed by atoms with Crippen LogP contribution in [-0.4, -0.2) is 24.3 Å². The van der Waals surface area contributed by atoms with Gasteiger partial charge < -0.3 is 9.84 Å². The van der Waals surface area contributed by atoms with E-state index in [1.807, 2.05) is 13.8 Å². The molecule has 12 heavy (non-hydrogen) atoms. The van der Waals surface area contributed by atoms with E-state index in [9.17, 15) is 9.90 Å². The number of carbonyl (C=O) groups is 1. The topological polar surface area (TPSA) is 46.5 Å². The molecule has 0 saturated carbocycles. The molecule has 0 aliphatic rings. The van der Waals surface area contributed by atoms with Crippen LogP contribution in [0.1, 0.15) is 13.8 Å². The third-order valence-corrected chi connectivity index (χ3v) is 1.78. The highest BCUT2D eigenvalue weighted by Gasteiger charge is 2.26. The summed E-state index contributed by atoms with van der Waals surface area (Å²) >= 11 is 0. The molecular formula is C9H16O3. The average molecular weight is 172 g/mol. The van der Waals surface area contributed by atoms with Gasteiger partial charge in [0, 0.05) is 0 Å². The first-order valence-electron chi connectivity index (χ1n) is 3.93. The Morgan fingerprint density at radius 1 is 1.58 bits per heavy atom. The lowest BCUT2D eigenvalue weighted by Gasteiger charge is -2.20. The molecule has 70 valence electrons. The van der Waals surface area contributed by atoms with E-state index in [4.69, 9.17) is 0 Å². The summed E-state index contributed by atoms with van der Waals surface area (Å²) in [5, 5.41) is 9.52. The first kappa shape index (κ1) is 11.2. The number of carbonyl (C=O) groups excluding carboxylic acids is 1. The Balaban J connectivity index is 4.33. The molecule has 0 aliphatic carbocycles.